The lowest BCUT2D eigenvalue weighted by atomic mass is 9.94. The minimum atomic E-state index is -0.605. The number of nitrogens with zero attached hydrogens (tertiary/aromatic N) is 1. The largest absolute Gasteiger partial charge is 0.327 e. The Hall–Kier alpha value is -3.11. The van der Waals surface area contributed by atoms with Gasteiger partial charge in [0.2, 0.25) is 0 Å². The van der Waals surface area contributed by atoms with E-state index < -0.39 is 6.04 Å². The van der Waals surface area contributed by atoms with Gasteiger partial charge in [0.1, 0.15) is 0 Å². The Morgan fingerprint density at radius 2 is 1.81 bits per heavy atom. The number of rotatable bonds is 3. The molecule has 0 fully saturated rings. The van der Waals surface area contributed by atoms with Crippen LogP contribution in [0.2, 0.25) is 0 Å². The van der Waals surface area contributed by atoms with Crippen LogP contribution in [0.25, 0.3) is 0 Å². The summed E-state index contributed by atoms with van der Waals surface area (Å²) in [7, 11) is 0. The molecule has 3 amide bonds. The van der Waals surface area contributed by atoms with Crippen LogP contribution in [0.3, 0.4) is 0 Å². The van der Waals surface area contributed by atoms with Crippen LogP contribution >= 0.6 is 15.9 Å². The number of hydrogen-bond acceptors (Lipinski definition) is 3. The summed E-state index contributed by atoms with van der Waals surface area (Å²) in [5.74, 6) is -0.313. The van der Waals surface area contributed by atoms with E-state index in [1.54, 1.807) is 43.3 Å². The van der Waals surface area contributed by atoms with Crippen molar-refractivity contribution in [2.75, 3.05) is 5.32 Å². The second kappa shape index (κ2) is 7.42. The molecule has 1 heterocycles. The second-order valence-electron chi connectivity index (χ2n) is 5.76. The zero-order valence-electron chi connectivity index (χ0n) is 13.8. The van der Waals surface area contributed by atoms with Gasteiger partial charge in [-0.2, -0.15) is 5.26 Å². The molecule has 0 saturated carbocycles. The van der Waals surface area contributed by atoms with E-state index in [2.05, 4.69) is 37.9 Å². The van der Waals surface area contributed by atoms with Crippen LogP contribution in [0.4, 0.5) is 10.5 Å². The standard InChI is InChI=1S/C19H15BrN4O2/c1-11-16(18(25)23-15-8-6-14(20)7-9-15)17(24-19(26)22-11)13-4-2-12(10-21)3-5-13/h2-9,17H,1H3,(H,23,25)(H2,22,24,26). The average Bonchev–Trinajstić information content (AvgIpc) is 2.63. The highest BCUT2D eigenvalue weighted by atomic mass is 79.9. The summed E-state index contributed by atoms with van der Waals surface area (Å²) in [4.78, 5) is 24.8. The molecule has 1 atom stereocenters. The summed E-state index contributed by atoms with van der Waals surface area (Å²) in [5, 5.41) is 17.2. The molecule has 3 N–H and O–H groups in total. The van der Waals surface area contributed by atoms with Crippen molar-refractivity contribution in [2.45, 2.75) is 13.0 Å². The number of amides is 3. The quantitative estimate of drug-likeness (QED) is 0.721. The van der Waals surface area contributed by atoms with E-state index in [4.69, 9.17) is 5.26 Å². The third-order valence-electron chi connectivity index (χ3n) is 3.99. The Balaban J connectivity index is 1.93. The van der Waals surface area contributed by atoms with Gasteiger partial charge in [0.05, 0.1) is 23.2 Å². The Labute approximate surface area is 159 Å². The van der Waals surface area contributed by atoms with E-state index in [0.29, 0.717) is 22.5 Å². The molecule has 0 aliphatic carbocycles. The molecular weight excluding hydrogens is 396 g/mol. The molecule has 7 heteroatoms. The SMILES string of the molecule is CC1=C(C(=O)Nc2ccc(Br)cc2)C(c2ccc(C#N)cc2)NC(=O)N1. The van der Waals surface area contributed by atoms with Crippen LogP contribution in [0.15, 0.2) is 64.3 Å². The highest BCUT2D eigenvalue weighted by molar-refractivity contribution is 9.10. The Kier molecular flexibility index (Phi) is 5.05. The van der Waals surface area contributed by atoms with Gasteiger partial charge < -0.3 is 16.0 Å². The van der Waals surface area contributed by atoms with Crippen molar-refractivity contribution in [2.24, 2.45) is 0 Å². The fourth-order valence-corrected chi connectivity index (χ4v) is 2.99. The molecule has 0 aromatic heterocycles. The van der Waals surface area contributed by atoms with Crippen molar-refractivity contribution in [3.63, 3.8) is 0 Å². The Morgan fingerprint density at radius 3 is 2.42 bits per heavy atom. The maximum Gasteiger partial charge on any atom is 0.319 e. The molecule has 2 aromatic carbocycles. The normalized spacial score (nSPS) is 16.3. The van der Waals surface area contributed by atoms with Crippen molar-refractivity contribution in [1.82, 2.24) is 10.6 Å². The maximum absolute atomic E-state index is 12.9. The number of halogens is 1. The van der Waals surface area contributed by atoms with E-state index in [0.717, 1.165) is 10.0 Å². The zero-order valence-corrected chi connectivity index (χ0v) is 15.4. The molecular formula is C19H15BrN4O2. The van der Waals surface area contributed by atoms with Crippen LogP contribution in [0.5, 0.6) is 0 Å². The van der Waals surface area contributed by atoms with Gasteiger partial charge in [-0.15, -0.1) is 0 Å². The first-order valence-electron chi connectivity index (χ1n) is 7.83. The van der Waals surface area contributed by atoms with Gasteiger partial charge in [0, 0.05) is 15.9 Å². The number of anilines is 1. The van der Waals surface area contributed by atoms with Crippen LogP contribution in [-0.2, 0) is 4.79 Å². The van der Waals surface area contributed by atoms with Crippen molar-refractivity contribution in [3.8, 4) is 6.07 Å². The number of urea groups is 1. The second-order valence-corrected chi connectivity index (χ2v) is 6.68. The molecule has 1 aliphatic heterocycles. The number of carbonyl (C=O) groups is 2. The lowest BCUT2D eigenvalue weighted by Gasteiger charge is -2.28. The van der Waals surface area contributed by atoms with Crippen molar-refractivity contribution >= 4 is 33.6 Å². The van der Waals surface area contributed by atoms with Crippen LogP contribution in [0.1, 0.15) is 24.1 Å². The van der Waals surface area contributed by atoms with Crippen molar-refractivity contribution in [3.05, 3.63) is 75.4 Å². The number of nitriles is 1. The van der Waals surface area contributed by atoms with Crippen molar-refractivity contribution < 1.29 is 9.59 Å². The minimum Gasteiger partial charge on any atom is -0.327 e. The molecule has 0 bridgehead atoms. The summed E-state index contributed by atoms with van der Waals surface area (Å²) in [6.45, 7) is 1.69. The molecule has 1 unspecified atom stereocenters. The van der Waals surface area contributed by atoms with Gasteiger partial charge in [-0.25, -0.2) is 4.79 Å². The molecule has 26 heavy (non-hydrogen) atoms. The van der Waals surface area contributed by atoms with Crippen LogP contribution in [-0.4, -0.2) is 11.9 Å². The van der Waals surface area contributed by atoms with E-state index >= 15 is 0 Å². The van der Waals surface area contributed by atoms with E-state index in [9.17, 15) is 9.59 Å². The van der Waals surface area contributed by atoms with Crippen LogP contribution in [0, 0.1) is 11.3 Å². The molecule has 0 saturated heterocycles. The number of benzene rings is 2. The highest BCUT2D eigenvalue weighted by Gasteiger charge is 2.31. The topological polar surface area (TPSA) is 94.0 Å². The van der Waals surface area contributed by atoms with E-state index in [-0.39, 0.29) is 11.9 Å². The summed E-state index contributed by atoms with van der Waals surface area (Å²) in [6.07, 6.45) is 0. The Morgan fingerprint density at radius 1 is 1.15 bits per heavy atom. The maximum atomic E-state index is 12.9. The zero-order chi connectivity index (χ0) is 18.7. The minimum absolute atomic E-state index is 0.313. The van der Waals surface area contributed by atoms with E-state index in [1.807, 2.05) is 12.1 Å². The first-order valence-corrected chi connectivity index (χ1v) is 8.62. The molecule has 6 nitrogen and oxygen atoms in total. The van der Waals surface area contributed by atoms with Gasteiger partial charge in [0.25, 0.3) is 5.91 Å². The van der Waals surface area contributed by atoms with Gasteiger partial charge >= 0.3 is 6.03 Å². The summed E-state index contributed by atoms with van der Waals surface area (Å²) in [5.41, 5.74) is 2.78. The van der Waals surface area contributed by atoms with Crippen molar-refractivity contribution in [1.29, 1.82) is 5.26 Å². The molecule has 2 aromatic rings. The predicted octanol–water partition coefficient (Wildman–Crippen LogP) is 3.59. The summed E-state index contributed by atoms with van der Waals surface area (Å²) < 4.78 is 0.910. The first-order chi connectivity index (χ1) is 12.5. The fourth-order valence-electron chi connectivity index (χ4n) is 2.73. The van der Waals surface area contributed by atoms with Crippen LogP contribution < -0.4 is 16.0 Å². The lowest BCUT2D eigenvalue weighted by molar-refractivity contribution is -0.113. The number of allylic oxidation sites excluding steroid dienone is 1. The summed E-state index contributed by atoms with van der Waals surface area (Å²) in [6, 6.07) is 15.1. The van der Waals surface area contributed by atoms with E-state index in [1.165, 1.54) is 0 Å². The number of carbonyl (C=O) groups excluding carboxylic acids is 2. The highest BCUT2D eigenvalue weighted by Crippen LogP contribution is 2.28. The molecule has 0 radical (unpaired) electrons. The predicted molar refractivity (Wildman–Crippen MR) is 101 cm³/mol. The Bertz CT molecular complexity index is 928. The smallest absolute Gasteiger partial charge is 0.319 e. The third-order valence-corrected chi connectivity index (χ3v) is 4.52. The molecule has 0 spiro atoms. The van der Waals surface area contributed by atoms with Gasteiger partial charge in [-0.05, 0) is 48.9 Å². The monoisotopic (exact) mass is 410 g/mol. The molecule has 130 valence electrons. The first kappa shape index (κ1) is 17.7. The number of hydrogen-bond donors (Lipinski definition) is 3. The number of nitrogens with one attached hydrogen (secondary N) is 3. The molecule has 3 rings (SSSR count). The lowest BCUT2D eigenvalue weighted by Crippen LogP contribution is -2.45. The summed E-state index contributed by atoms with van der Waals surface area (Å²) >= 11 is 3.35. The third kappa shape index (κ3) is 3.76. The molecule has 1 aliphatic rings. The average molecular weight is 411 g/mol. The van der Waals surface area contributed by atoms with Gasteiger partial charge in [0.15, 0.2) is 0 Å². The van der Waals surface area contributed by atoms with Gasteiger partial charge in [-0.1, -0.05) is 28.1 Å². The fraction of sp³-hybridized carbons (Fsp3) is 0.105. The van der Waals surface area contributed by atoms with Gasteiger partial charge in [-0.3, -0.25) is 4.79 Å².